The van der Waals surface area contributed by atoms with Crippen molar-refractivity contribution in [3.8, 4) is 18.0 Å². The second kappa shape index (κ2) is 10.1. The van der Waals surface area contributed by atoms with Crippen LogP contribution in [0.4, 0.5) is 0 Å². The van der Waals surface area contributed by atoms with Crippen molar-refractivity contribution in [2.24, 2.45) is 15.9 Å². The Balaban J connectivity index is 1.69. The lowest BCUT2D eigenvalue weighted by molar-refractivity contribution is 0.229. The van der Waals surface area contributed by atoms with Crippen LogP contribution >= 0.6 is 0 Å². The second-order valence-corrected chi connectivity index (χ2v) is 8.24. The molecule has 1 fully saturated rings. The van der Waals surface area contributed by atoms with Crippen molar-refractivity contribution in [2.75, 3.05) is 13.1 Å². The number of rotatable bonds is 6. The summed E-state index contributed by atoms with van der Waals surface area (Å²) in [5.41, 5.74) is 3.93. The number of benzene rings is 1. The molecule has 0 spiro atoms. The molecule has 1 atom stereocenters. The molecule has 1 aromatic carbocycles. The normalized spacial score (nSPS) is 16.2. The summed E-state index contributed by atoms with van der Waals surface area (Å²) in [5, 5.41) is 27.0. The zero-order chi connectivity index (χ0) is 24.1. The molecule has 0 saturated carbocycles. The second-order valence-electron chi connectivity index (χ2n) is 8.24. The Morgan fingerprint density at radius 1 is 1.24 bits per heavy atom. The van der Waals surface area contributed by atoms with Crippen molar-refractivity contribution in [3.05, 3.63) is 65.5 Å². The van der Waals surface area contributed by atoms with Crippen LogP contribution in [0.1, 0.15) is 49.5 Å². The molecule has 0 amide bonds. The van der Waals surface area contributed by atoms with Gasteiger partial charge in [-0.3, -0.25) is 4.99 Å². The van der Waals surface area contributed by atoms with E-state index in [1.54, 1.807) is 15.6 Å². The first-order chi connectivity index (χ1) is 16.5. The van der Waals surface area contributed by atoms with Gasteiger partial charge in [0, 0.05) is 24.8 Å². The number of nitriles is 2. The lowest BCUT2D eigenvalue weighted by atomic mass is 10.0. The summed E-state index contributed by atoms with van der Waals surface area (Å²) in [6.45, 7) is 5.22. The van der Waals surface area contributed by atoms with Gasteiger partial charge in [-0.25, -0.2) is 4.52 Å². The first-order valence-electron chi connectivity index (χ1n) is 11.1. The third-order valence-electron chi connectivity index (χ3n) is 6.00. The topological polar surface area (TPSA) is 128 Å². The number of pyridine rings is 1. The Kier molecular flexibility index (Phi) is 6.74. The standard InChI is InChI=1S/C25H26N8O/c1-17(30-22-8-10-32(16-27)11-9-22)24(31-28)20-12-23(25-21(13-26)14-29-33(25)15-20)34-18(2)19-6-4-3-5-7-19/h3-7,12,14-15,18,22H,8-11,28H2,1-2H3/b30-17?,31-24+. The summed E-state index contributed by atoms with van der Waals surface area (Å²) in [5.74, 6) is 6.32. The molecule has 0 aliphatic carbocycles. The monoisotopic (exact) mass is 454 g/mol. The number of aliphatic imine (C=N–C) groups is 1. The van der Waals surface area contributed by atoms with Crippen LogP contribution in [-0.2, 0) is 0 Å². The van der Waals surface area contributed by atoms with E-state index in [0.29, 0.717) is 46.9 Å². The van der Waals surface area contributed by atoms with Crippen molar-refractivity contribution in [1.29, 1.82) is 10.5 Å². The Morgan fingerprint density at radius 3 is 2.62 bits per heavy atom. The molecule has 1 saturated heterocycles. The van der Waals surface area contributed by atoms with Crippen LogP contribution in [0.3, 0.4) is 0 Å². The number of ether oxygens (including phenoxy) is 1. The molecule has 34 heavy (non-hydrogen) atoms. The molecule has 9 nitrogen and oxygen atoms in total. The highest BCUT2D eigenvalue weighted by molar-refractivity contribution is 6.47. The third-order valence-corrected chi connectivity index (χ3v) is 6.00. The highest BCUT2D eigenvalue weighted by Gasteiger charge is 2.21. The van der Waals surface area contributed by atoms with Crippen LogP contribution in [0, 0.1) is 22.8 Å². The summed E-state index contributed by atoms with van der Waals surface area (Å²) in [6, 6.07) is 14.0. The maximum Gasteiger partial charge on any atom is 0.179 e. The lowest BCUT2D eigenvalue weighted by Gasteiger charge is -2.26. The van der Waals surface area contributed by atoms with Gasteiger partial charge in [0.05, 0.1) is 18.0 Å². The number of hydrogen-bond acceptors (Lipinski definition) is 8. The fraction of sp³-hybridized carbons (Fsp3) is 0.320. The van der Waals surface area contributed by atoms with E-state index in [2.05, 4.69) is 22.5 Å². The van der Waals surface area contributed by atoms with E-state index in [1.165, 1.54) is 6.20 Å². The number of hydrogen-bond donors (Lipinski definition) is 1. The van der Waals surface area contributed by atoms with E-state index in [4.69, 9.17) is 20.8 Å². The fourth-order valence-corrected chi connectivity index (χ4v) is 4.17. The van der Waals surface area contributed by atoms with Crippen molar-refractivity contribution < 1.29 is 4.74 Å². The van der Waals surface area contributed by atoms with Crippen LogP contribution < -0.4 is 10.6 Å². The van der Waals surface area contributed by atoms with E-state index in [1.807, 2.05) is 50.2 Å². The molecule has 1 aliphatic rings. The van der Waals surface area contributed by atoms with Crippen LogP contribution in [0.5, 0.6) is 5.75 Å². The predicted molar refractivity (Wildman–Crippen MR) is 129 cm³/mol. The number of likely N-dealkylation sites (tertiary alicyclic amines) is 1. The number of nitrogens with two attached hydrogens (primary N) is 1. The van der Waals surface area contributed by atoms with Gasteiger partial charge in [-0.1, -0.05) is 30.3 Å². The summed E-state index contributed by atoms with van der Waals surface area (Å²) in [4.78, 5) is 6.58. The Bertz CT molecular complexity index is 1300. The zero-order valence-electron chi connectivity index (χ0n) is 19.2. The lowest BCUT2D eigenvalue weighted by Crippen LogP contribution is -2.32. The van der Waals surface area contributed by atoms with Gasteiger partial charge in [-0.05, 0) is 38.3 Å². The molecule has 2 N–H and O–H groups in total. The van der Waals surface area contributed by atoms with Crippen molar-refractivity contribution in [3.63, 3.8) is 0 Å². The highest BCUT2D eigenvalue weighted by Crippen LogP contribution is 2.30. The quantitative estimate of drug-likeness (QED) is 0.263. The minimum absolute atomic E-state index is 0.105. The van der Waals surface area contributed by atoms with Crippen molar-refractivity contribution in [1.82, 2.24) is 14.5 Å². The number of nitrogens with zero attached hydrogens (tertiary/aromatic N) is 7. The van der Waals surface area contributed by atoms with Gasteiger partial charge in [0.2, 0.25) is 0 Å². The maximum absolute atomic E-state index is 9.59. The van der Waals surface area contributed by atoms with Crippen LogP contribution in [0.2, 0.25) is 0 Å². The van der Waals surface area contributed by atoms with Gasteiger partial charge >= 0.3 is 0 Å². The average Bonchev–Trinajstić information content (AvgIpc) is 3.29. The largest absolute Gasteiger partial charge is 0.484 e. The third kappa shape index (κ3) is 4.69. The Labute approximate surface area is 198 Å². The molecule has 3 aromatic rings. The van der Waals surface area contributed by atoms with Crippen LogP contribution in [0.25, 0.3) is 5.52 Å². The smallest absolute Gasteiger partial charge is 0.179 e. The summed E-state index contributed by atoms with van der Waals surface area (Å²) in [7, 11) is 0. The average molecular weight is 455 g/mol. The number of fused-ring (bicyclic) bond motifs is 1. The zero-order valence-corrected chi connectivity index (χ0v) is 19.2. The summed E-state index contributed by atoms with van der Waals surface area (Å²) < 4.78 is 7.94. The number of aromatic nitrogens is 2. The van der Waals surface area contributed by atoms with Gasteiger partial charge in [-0.2, -0.15) is 20.7 Å². The van der Waals surface area contributed by atoms with Crippen molar-refractivity contribution >= 4 is 16.9 Å². The molecular weight excluding hydrogens is 428 g/mol. The van der Waals surface area contributed by atoms with E-state index in [9.17, 15) is 5.26 Å². The molecule has 2 aromatic heterocycles. The van der Waals surface area contributed by atoms with E-state index in [0.717, 1.165) is 18.4 Å². The minimum atomic E-state index is -0.250. The molecule has 4 rings (SSSR count). The molecule has 0 radical (unpaired) electrons. The number of hydrazone groups is 1. The van der Waals surface area contributed by atoms with E-state index in [-0.39, 0.29) is 12.1 Å². The van der Waals surface area contributed by atoms with Crippen LogP contribution in [-0.4, -0.2) is 45.1 Å². The molecule has 3 heterocycles. The molecule has 1 unspecified atom stereocenters. The molecule has 0 bridgehead atoms. The van der Waals surface area contributed by atoms with Gasteiger partial charge in [0.15, 0.2) is 6.19 Å². The van der Waals surface area contributed by atoms with E-state index < -0.39 is 0 Å². The Hall–Kier alpha value is -4.37. The SMILES string of the molecule is CC(=NC1CCN(C#N)CC1)/C(=N\N)c1cc(OC(C)c2ccccc2)c2c(C#N)cnn2c1. The van der Waals surface area contributed by atoms with Crippen molar-refractivity contribution in [2.45, 2.75) is 38.8 Å². The fourth-order valence-electron chi connectivity index (χ4n) is 4.17. The predicted octanol–water partition coefficient (Wildman–Crippen LogP) is 3.42. The van der Waals surface area contributed by atoms with Crippen LogP contribution in [0.15, 0.2) is 58.9 Å². The summed E-state index contributed by atoms with van der Waals surface area (Å²) >= 11 is 0. The Morgan fingerprint density at radius 2 is 1.97 bits per heavy atom. The van der Waals surface area contributed by atoms with Gasteiger partial charge in [0.25, 0.3) is 0 Å². The maximum atomic E-state index is 9.59. The molecule has 1 aliphatic heterocycles. The first kappa shape index (κ1) is 22.8. The molecular formula is C25H26N8O. The first-order valence-corrected chi connectivity index (χ1v) is 11.1. The summed E-state index contributed by atoms with van der Waals surface area (Å²) in [6.07, 6.45) is 6.83. The molecule has 9 heteroatoms. The van der Waals surface area contributed by atoms with Gasteiger partial charge < -0.3 is 15.5 Å². The van der Waals surface area contributed by atoms with Gasteiger partial charge in [-0.15, -0.1) is 0 Å². The molecule has 172 valence electrons. The van der Waals surface area contributed by atoms with Gasteiger partial charge in [0.1, 0.15) is 34.7 Å². The number of piperidine rings is 1. The minimum Gasteiger partial charge on any atom is -0.484 e. The highest BCUT2D eigenvalue weighted by atomic mass is 16.5. The van der Waals surface area contributed by atoms with E-state index >= 15 is 0 Å².